The number of rotatable bonds is 6. The molecule has 0 aliphatic carbocycles. The van der Waals surface area contributed by atoms with Crippen molar-refractivity contribution in [1.29, 1.82) is 0 Å². The Kier molecular flexibility index (Phi) is 6.04. The van der Waals surface area contributed by atoms with Crippen molar-refractivity contribution in [2.45, 2.75) is 25.2 Å². The molecule has 0 spiro atoms. The van der Waals surface area contributed by atoms with E-state index in [0.717, 1.165) is 38.3 Å². The molecule has 0 radical (unpaired) electrons. The quantitative estimate of drug-likeness (QED) is 0.741. The van der Waals surface area contributed by atoms with Crippen LogP contribution in [0.3, 0.4) is 0 Å². The van der Waals surface area contributed by atoms with Crippen LogP contribution in [0.4, 0.5) is 0 Å². The Labute approximate surface area is 189 Å². The lowest BCUT2D eigenvalue weighted by Crippen LogP contribution is -2.51. The Morgan fingerprint density at radius 1 is 1.12 bits per heavy atom. The minimum Gasteiger partial charge on any atom is -0.491 e. The van der Waals surface area contributed by atoms with Crippen LogP contribution >= 0.6 is 0 Å². The van der Waals surface area contributed by atoms with Crippen LogP contribution in [0.2, 0.25) is 0 Å². The molecule has 7 nitrogen and oxygen atoms in total. The van der Waals surface area contributed by atoms with E-state index in [-0.39, 0.29) is 12.0 Å². The topological polar surface area (TPSA) is 65.5 Å². The molecular formula is C25H31N3O4. The number of hydrogen-bond donors (Lipinski definition) is 1. The average Bonchev–Trinajstić information content (AvgIpc) is 2.91. The van der Waals surface area contributed by atoms with E-state index < -0.39 is 6.10 Å². The van der Waals surface area contributed by atoms with Crippen molar-refractivity contribution in [3.05, 3.63) is 59.2 Å². The van der Waals surface area contributed by atoms with Gasteiger partial charge < -0.3 is 19.5 Å². The fourth-order valence-electron chi connectivity index (χ4n) is 4.81. The molecule has 1 amide bonds. The molecule has 2 aromatic carbocycles. The highest BCUT2D eigenvalue weighted by molar-refractivity contribution is 5.97. The highest BCUT2D eigenvalue weighted by Gasteiger charge is 2.29. The predicted molar refractivity (Wildman–Crippen MR) is 121 cm³/mol. The number of amides is 1. The first-order valence-electron chi connectivity index (χ1n) is 11.4. The number of carbonyl (C=O) groups is 1. The maximum absolute atomic E-state index is 13.1. The normalized spacial score (nSPS) is 20.6. The summed E-state index contributed by atoms with van der Waals surface area (Å²) in [5.74, 6) is 1.19. The van der Waals surface area contributed by atoms with Crippen LogP contribution in [0.5, 0.6) is 11.5 Å². The second kappa shape index (κ2) is 9.10. The van der Waals surface area contributed by atoms with E-state index >= 15 is 0 Å². The number of ether oxygens (including phenoxy) is 2. The van der Waals surface area contributed by atoms with E-state index in [1.54, 1.807) is 11.0 Å². The molecule has 1 unspecified atom stereocenters. The van der Waals surface area contributed by atoms with E-state index in [1.165, 1.54) is 11.1 Å². The molecule has 170 valence electrons. The lowest BCUT2D eigenvalue weighted by atomic mass is 10.00. The number of β-amino-alcohol motifs (C(OH)–C–C–N with tert-alkyl or cyclic N) is 1. The average molecular weight is 438 g/mol. The third-order valence-corrected chi connectivity index (χ3v) is 6.53. The standard InChI is InChI=1S/C25H31N3O4/c1-26-16-22(17-26)32-21-6-7-23-24(12-21)31-11-10-28(25(23)30)15-20(29)14-27-9-8-18-4-2-3-5-19(18)13-27/h2-7,12,20,22,29H,8-11,13-17H2,1H3. The van der Waals surface area contributed by atoms with E-state index in [0.29, 0.717) is 37.6 Å². The first kappa shape index (κ1) is 21.2. The van der Waals surface area contributed by atoms with E-state index in [1.807, 2.05) is 12.1 Å². The lowest BCUT2D eigenvalue weighted by Gasteiger charge is -2.36. The Morgan fingerprint density at radius 2 is 1.94 bits per heavy atom. The van der Waals surface area contributed by atoms with Crippen LogP contribution in [0.15, 0.2) is 42.5 Å². The third-order valence-electron chi connectivity index (χ3n) is 6.53. The molecule has 5 rings (SSSR count). The van der Waals surface area contributed by atoms with Crippen LogP contribution in [0, 0.1) is 0 Å². The molecule has 1 saturated heterocycles. The second-order valence-electron chi connectivity index (χ2n) is 9.13. The van der Waals surface area contributed by atoms with Gasteiger partial charge in [0.2, 0.25) is 0 Å². The fourth-order valence-corrected chi connectivity index (χ4v) is 4.81. The first-order chi connectivity index (χ1) is 15.5. The molecule has 1 fully saturated rings. The summed E-state index contributed by atoms with van der Waals surface area (Å²) in [5.41, 5.74) is 3.24. The Morgan fingerprint density at radius 3 is 2.75 bits per heavy atom. The SMILES string of the molecule is CN1CC(Oc2ccc3c(c2)OCCN(CC(O)CN2CCc4ccccc4C2)C3=O)C1. The summed E-state index contributed by atoms with van der Waals surface area (Å²) in [6.45, 7) is 5.28. The summed E-state index contributed by atoms with van der Waals surface area (Å²) in [6, 6.07) is 13.9. The van der Waals surface area contributed by atoms with E-state index in [2.05, 4.69) is 41.1 Å². The van der Waals surface area contributed by atoms with Crippen molar-refractivity contribution in [2.24, 2.45) is 0 Å². The Hall–Kier alpha value is -2.61. The smallest absolute Gasteiger partial charge is 0.257 e. The Balaban J connectivity index is 1.19. The van der Waals surface area contributed by atoms with Crippen LogP contribution in [0.1, 0.15) is 21.5 Å². The number of fused-ring (bicyclic) bond motifs is 2. The summed E-state index contributed by atoms with van der Waals surface area (Å²) >= 11 is 0. The Bertz CT molecular complexity index is 975. The first-order valence-corrected chi connectivity index (χ1v) is 11.4. The number of likely N-dealkylation sites (tertiary alicyclic amines) is 1. The van der Waals surface area contributed by atoms with Crippen LogP contribution in [-0.4, -0.2) is 90.8 Å². The minimum atomic E-state index is -0.607. The molecule has 0 aromatic heterocycles. The minimum absolute atomic E-state index is 0.101. The number of aliphatic hydroxyl groups is 1. The second-order valence-corrected chi connectivity index (χ2v) is 9.13. The number of benzene rings is 2. The van der Waals surface area contributed by atoms with Crippen LogP contribution < -0.4 is 9.47 Å². The van der Waals surface area contributed by atoms with Crippen molar-refractivity contribution < 1.29 is 19.4 Å². The number of aliphatic hydroxyl groups excluding tert-OH is 1. The maximum Gasteiger partial charge on any atom is 0.257 e. The van der Waals surface area contributed by atoms with Crippen molar-refractivity contribution >= 4 is 5.91 Å². The molecule has 0 saturated carbocycles. The zero-order chi connectivity index (χ0) is 22.1. The molecule has 3 aliphatic rings. The molecule has 0 bridgehead atoms. The maximum atomic E-state index is 13.1. The van der Waals surface area contributed by atoms with Crippen molar-refractivity contribution in [3.63, 3.8) is 0 Å². The molecule has 3 heterocycles. The van der Waals surface area contributed by atoms with Gasteiger partial charge in [0.15, 0.2) is 0 Å². The van der Waals surface area contributed by atoms with Gasteiger partial charge in [0.1, 0.15) is 24.2 Å². The number of hydrogen-bond acceptors (Lipinski definition) is 6. The highest BCUT2D eigenvalue weighted by Crippen LogP contribution is 2.29. The summed E-state index contributed by atoms with van der Waals surface area (Å²) < 4.78 is 11.8. The molecule has 2 aromatic rings. The van der Waals surface area contributed by atoms with Gasteiger partial charge in [-0.2, -0.15) is 0 Å². The number of nitrogens with zero attached hydrogens (tertiary/aromatic N) is 3. The summed E-state index contributed by atoms with van der Waals surface area (Å²) in [6.07, 6.45) is 0.575. The molecule has 3 aliphatic heterocycles. The molecule has 32 heavy (non-hydrogen) atoms. The van der Waals surface area contributed by atoms with Crippen molar-refractivity contribution in [1.82, 2.24) is 14.7 Å². The van der Waals surface area contributed by atoms with Gasteiger partial charge in [0.25, 0.3) is 5.91 Å². The van der Waals surface area contributed by atoms with Crippen molar-refractivity contribution in [2.75, 3.05) is 52.9 Å². The number of likely N-dealkylation sites (N-methyl/N-ethyl adjacent to an activating group) is 1. The van der Waals surface area contributed by atoms with Crippen LogP contribution in [-0.2, 0) is 13.0 Å². The third kappa shape index (κ3) is 4.60. The van der Waals surface area contributed by atoms with Gasteiger partial charge in [-0.25, -0.2) is 0 Å². The fraction of sp³-hybridized carbons (Fsp3) is 0.480. The van der Waals surface area contributed by atoms with Gasteiger partial charge in [-0.3, -0.25) is 14.6 Å². The monoisotopic (exact) mass is 437 g/mol. The van der Waals surface area contributed by atoms with Gasteiger partial charge in [-0.15, -0.1) is 0 Å². The molecule has 1 N–H and O–H groups in total. The zero-order valence-electron chi connectivity index (χ0n) is 18.6. The predicted octanol–water partition coefficient (Wildman–Crippen LogP) is 1.63. The zero-order valence-corrected chi connectivity index (χ0v) is 18.6. The molecule has 1 atom stereocenters. The van der Waals surface area contributed by atoms with E-state index in [4.69, 9.17) is 9.47 Å². The summed E-state index contributed by atoms with van der Waals surface area (Å²) in [4.78, 5) is 19.3. The summed E-state index contributed by atoms with van der Waals surface area (Å²) in [7, 11) is 2.06. The highest BCUT2D eigenvalue weighted by atomic mass is 16.5. The van der Waals surface area contributed by atoms with Gasteiger partial charge in [-0.1, -0.05) is 24.3 Å². The van der Waals surface area contributed by atoms with Gasteiger partial charge >= 0.3 is 0 Å². The van der Waals surface area contributed by atoms with Gasteiger partial charge in [0, 0.05) is 45.3 Å². The van der Waals surface area contributed by atoms with Crippen molar-refractivity contribution in [3.8, 4) is 11.5 Å². The van der Waals surface area contributed by atoms with Gasteiger partial charge in [-0.05, 0) is 36.7 Å². The number of carbonyl (C=O) groups excluding carboxylic acids is 1. The molecular weight excluding hydrogens is 406 g/mol. The van der Waals surface area contributed by atoms with E-state index in [9.17, 15) is 9.90 Å². The van der Waals surface area contributed by atoms with Gasteiger partial charge in [0.05, 0.1) is 18.2 Å². The summed E-state index contributed by atoms with van der Waals surface area (Å²) in [5, 5.41) is 10.8. The lowest BCUT2D eigenvalue weighted by molar-refractivity contribution is 0.0386. The molecule has 7 heteroatoms. The largest absolute Gasteiger partial charge is 0.491 e. The van der Waals surface area contributed by atoms with Crippen LogP contribution in [0.25, 0.3) is 0 Å².